The number of hydrogen-bond donors (Lipinski definition) is 3. The Morgan fingerprint density at radius 2 is 2.40 bits per heavy atom. The van der Waals surface area contributed by atoms with Crippen LogP contribution >= 0.6 is 0 Å². The predicted octanol–water partition coefficient (Wildman–Crippen LogP) is 0.492. The molecular formula is C10H14N4O. The molecule has 1 heterocycles. The van der Waals surface area contributed by atoms with Crippen molar-refractivity contribution >= 4 is 11.6 Å². The Balaban J connectivity index is 2.04. The van der Waals surface area contributed by atoms with Crippen molar-refractivity contribution in [3.05, 3.63) is 24.0 Å². The van der Waals surface area contributed by atoms with Crippen molar-refractivity contribution in [1.82, 2.24) is 20.8 Å². The van der Waals surface area contributed by atoms with Crippen LogP contribution in [0.2, 0.25) is 0 Å². The molecule has 1 aliphatic carbocycles. The first kappa shape index (κ1) is 9.76. The predicted molar refractivity (Wildman–Crippen MR) is 57.2 cm³/mol. The molecule has 1 aromatic heterocycles. The molecule has 2 rings (SSSR count). The Morgan fingerprint density at radius 3 is 3.00 bits per heavy atom. The first-order valence-electron chi connectivity index (χ1n) is 4.94. The molecule has 0 spiro atoms. The van der Waals surface area contributed by atoms with Gasteiger partial charge in [-0.15, -0.1) is 0 Å². The molecule has 0 aliphatic heterocycles. The fourth-order valence-corrected chi connectivity index (χ4v) is 1.21. The van der Waals surface area contributed by atoms with E-state index in [1.165, 1.54) is 0 Å². The molecule has 0 bridgehead atoms. The summed E-state index contributed by atoms with van der Waals surface area (Å²) >= 11 is 0. The molecule has 5 nitrogen and oxygen atoms in total. The lowest BCUT2D eigenvalue weighted by atomic mass is 10.3. The zero-order valence-corrected chi connectivity index (χ0v) is 8.63. The zero-order chi connectivity index (χ0) is 10.8. The molecule has 1 fully saturated rings. The van der Waals surface area contributed by atoms with E-state index in [4.69, 9.17) is 0 Å². The highest BCUT2D eigenvalue weighted by atomic mass is 16.2. The van der Waals surface area contributed by atoms with Gasteiger partial charge in [0, 0.05) is 13.1 Å². The SMILES string of the molecule is C=C(NC)c1cc(C(=O)NC2CC2)[nH]n1. The summed E-state index contributed by atoms with van der Waals surface area (Å²) in [4.78, 5) is 11.6. The minimum absolute atomic E-state index is 0.0971. The van der Waals surface area contributed by atoms with Gasteiger partial charge >= 0.3 is 0 Å². The first-order chi connectivity index (χ1) is 7.20. The van der Waals surface area contributed by atoms with Crippen molar-refractivity contribution in [2.75, 3.05) is 7.05 Å². The molecule has 1 saturated carbocycles. The number of aromatic nitrogens is 2. The van der Waals surface area contributed by atoms with E-state index in [1.54, 1.807) is 13.1 Å². The number of carbonyl (C=O) groups excluding carboxylic acids is 1. The molecular weight excluding hydrogens is 192 g/mol. The van der Waals surface area contributed by atoms with Crippen LogP contribution in [0.1, 0.15) is 29.0 Å². The summed E-state index contributed by atoms with van der Waals surface area (Å²) in [5.74, 6) is -0.0971. The van der Waals surface area contributed by atoms with E-state index in [2.05, 4.69) is 27.4 Å². The average Bonchev–Trinajstić information content (AvgIpc) is 2.91. The Bertz CT molecular complexity index is 392. The normalized spacial score (nSPS) is 14.7. The zero-order valence-electron chi connectivity index (χ0n) is 8.63. The molecule has 0 atom stereocenters. The van der Waals surface area contributed by atoms with E-state index in [1.807, 2.05) is 0 Å². The summed E-state index contributed by atoms with van der Waals surface area (Å²) in [6, 6.07) is 2.05. The number of H-pyrrole nitrogens is 1. The summed E-state index contributed by atoms with van der Waals surface area (Å²) in [7, 11) is 1.76. The standard InChI is InChI=1S/C10H14N4O/c1-6(11-2)8-5-9(14-13-8)10(15)12-7-3-4-7/h5,7,11H,1,3-4H2,2H3,(H,12,15)(H,13,14). The van der Waals surface area contributed by atoms with E-state index >= 15 is 0 Å². The van der Waals surface area contributed by atoms with Gasteiger partial charge in [-0.05, 0) is 18.9 Å². The smallest absolute Gasteiger partial charge is 0.269 e. The molecule has 0 saturated heterocycles. The molecule has 1 aliphatic rings. The number of amides is 1. The van der Waals surface area contributed by atoms with Gasteiger partial charge in [-0.1, -0.05) is 6.58 Å². The lowest BCUT2D eigenvalue weighted by Crippen LogP contribution is -2.25. The summed E-state index contributed by atoms with van der Waals surface area (Å²) < 4.78 is 0. The van der Waals surface area contributed by atoms with Crippen LogP contribution in [0.15, 0.2) is 12.6 Å². The van der Waals surface area contributed by atoms with Crippen LogP contribution in [-0.2, 0) is 0 Å². The third-order valence-electron chi connectivity index (χ3n) is 2.35. The second-order valence-corrected chi connectivity index (χ2v) is 3.64. The molecule has 1 aromatic rings. The lowest BCUT2D eigenvalue weighted by Gasteiger charge is -1.99. The van der Waals surface area contributed by atoms with E-state index in [-0.39, 0.29) is 5.91 Å². The van der Waals surface area contributed by atoms with E-state index in [0.29, 0.717) is 23.1 Å². The topological polar surface area (TPSA) is 69.8 Å². The fraction of sp³-hybridized carbons (Fsp3) is 0.400. The number of carbonyl (C=O) groups is 1. The second kappa shape index (κ2) is 3.76. The summed E-state index contributed by atoms with van der Waals surface area (Å²) in [6.45, 7) is 3.76. The summed E-state index contributed by atoms with van der Waals surface area (Å²) in [5, 5.41) is 12.4. The number of nitrogens with zero attached hydrogens (tertiary/aromatic N) is 1. The maximum Gasteiger partial charge on any atom is 0.269 e. The minimum Gasteiger partial charge on any atom is -0.387 e. The van der Waals surface area contributed by atoms with Crippen molar-refractivity contribution in [3.63, 3.8) is 0 Å². The highest BCUT2D eigenvalue weighted by molar-refractivity contribution is 5.93. The van der Waals surface area contributed by atoms with Crippen molar-refractivity contribution in [1.29, 1.82) is 0 Å². The average molecular weight is 206 g/mol. The third kappa shape index (κ3) is 2.18. The van der Waals surface area contributed by atoms with Crippen molar-refractivity contribution < 1.29 is 4.79 Å². The summed E-state index contributed by atoms with van der Waals surface area (Å²) in [6.07, 6.45) is 2.16. The Morgan fingerprint density at radius 1 is 1.67 bits per heavy atom. The molecule has 15 heavy (non-hydrogen) atoms. The van der Waals surface area contributed by atoms with E-state index < -0.39 is 0 Å². The molecule has 5 heteroatoms. The maximum atomic E-state index is 11.6. The second-order valence-electron chi connectivity index (χ2n) is 3.64. The largest absolute Gasteiger partial charge is 0.387 e. The number of hydrogen-bond acceptors (Lipinski definition) is 3. The molecule has 3 N–H and O–H groups in total. The van der Waals surface area contributed by atoms with Crippen molar-refractivity contribution in [2.24, 2.45) is 0 Å². The first-order valence-corrected chi connectivity index (χ1v) is 4.94. The van der Waals surface area contributed by atoms with Gasteiger partial charge in [-0.25, -0.2) is 0 Å². The minimum atomic E-state index is -0.0971. The van der Waals surface area contributed by atoms with Gasteiger partial charge in [0.05, 0.1) is 5.70 Å². The lowest BCUT2D eigenvalue weighted by molar-refractivity contribution is 0.0946. The number of aromatic amines is 1. The van der Waals surface area contributed by atoms with Crippen LogP contribution in [0.4, 0.5) is 0 Å². The Hall–Kier alpha value is -1.78. The molecule has 1 amide bonds. The van der Waals surface area contributed by atoms with E-state index in [0.717, 1.165) is 12.8 Å². The molecule has 80 valence electrons. The van der Waals surface area contributed by atoms with Crippen molar-refractivity contribution in [2.45, 2.75) is 18.9 Å². The van der Waals surface area contributed by atoms with E-state index in [9.17, 15) is 4.79 Å². The Labute approximate surface area is 87.9 Å². The van der Waals surface area contributed by atoms with Gasteiger partial charge in [0.1, 0.15) is 11.4 Å². The maximum absolute atomic E-state index is 11.6. The van der Waals surface area contributed by atoms with Gasteiger partial charge in [-0.3, -0.25) is 9.89 Å². The Kier molecular flexibility index (Phi) is 2.45. The molecule has 0 unspecified atom stereocenters. The molecule has 0 aromatic carbocycles. The van der Waals surface area contributed by atoms with Gasteiger partial charge in [0.25, 0.3) is 5.91 Å². The van der Waals surface area contributed by atoms with Crippen LogP contribution in [0.5, 0.6) is 0 Å². The summed E-state index contributed by atoms with van der Waals surface area (Å²) in [5.41, 5.74) is 1.84. The number of nitrogens with one attached hydrogen (secondary N) is 3. The number of rotatable bonds is 4. The quantitative estimate of drug-likeness (QED) is 0.671. The highest BCUT2D eigenvalue weighted by Crippen LogP contribution is 2.19. The van der Waals surface area contributed by atoms with Crippen LogP contribution < -0.4 is 10.6 Å². The fourth-order valence-electron chi connectivity index (χ4n) is 1.21. The van der Waals surface area contributed by atoms with Gasteiger partial charge in [0.15, 0.2) is 0 Å². The van der Waals surface area contributed by atoms with Crippen LogP contribution in [0.25, 0.3) is 5.70 Å². The van der Waals surface area contributed by atoms with Gasteiger partial charge in [-0.2, -0.15) is 5.10 Å². The van der Waals surface area contributed by atoms with Crippen LogP contribution in [0, 0.1) is 0 Å². The van der Waals surface area contributed by atoms with Crippen LogP contribution in [0.3, 0.4) is 0 Å². The van der Waals surface area contributed by atoms with Crippen LogP contribution in [-0.4, -0.2) is 29.2 Å². The van der Waals surface area contributed by atoms with Gasteiger partial charge < -0.3 is 10.6 Å². The van der Waals surface area contributed by atoms with Crippen molar-refractivity contribution in [3.8, 4) is 0 Å². The van der Waals surface area contributed by atoms with Gasteiger partial charge in [0.2, 0.25) is 0 Å². The highest BCUT2D eigenvalue weighted by Gasteiger charge is 2.24. The third-order valence-corrected chi connectivity index (χ3v) is 2.35. The monoisotopic (exact) mass is 206 g/mol. The molecule has 0 radical (unpaired) electrons.